The van der Waals surface area contributed by atoms with E-state index < -0.39 is 4.92 Å². The summed E-state index contributed by atoms with van der Waals surface area (Å²) in [5.41, 5.74) is 0.435. The predicted molar refractivity (Wildman–Crippen MR) is 63.9 cm³/mol. The van der Waals surface area contributed by atoms with Crippen LogP contribution in [0, 0.1) is 10.1 Å². The molecule has 0 saturated heterocycles. The summed E-state index contributed by atoms with van der Waals surface area (Å²) in [5.74, 6) is -0.185. The molecule has 0 aliphatic carbocycles. The van der Waals surface area contributed by atoms with Crippen LogP contribution in [0.25, 0.3) is 0 Å². The Bertz CT molecular complexity index is 437. The average molecular weight is 258 g/mol. The lowest BCUT2D eigenvalue weighted by molar-refractivity contribution is -0.385. The maximum absolute atomic E-state index is 11.0. The smallest absolute Gasteiger partial charge is 0.273 e. The van der Waals surface area contributed by atoms with E-state index >= 15 is 0 Å². The molecule has 0 bridgehead atoms. The summed E-state index contributed by atoms with van der Waals surface area (Å²) in [5, 5.41) is 16.4. The number of carbonyl (C=O) groups is 1. The molecule has 1 aromatic carbocycles. The number of amides is 1. The van der Waals surface area contributed by atoms with Crippen LogP contribution in [0.1, 0.15) is 5.56 Å². The first kappa shape index (κ1) is 13.4. The zero-order chi connectivity index (χ0) is 12.8. The Hall–Kier alpha value is -1.66. The van der Waals surface area contributed by atoms with E-state index in [-0.39, 0.29) is 24.7 Å². The van der Waals surface area contributed by atoms with Crippen molar-refractivity contribution >= 4 is 23.2 Å². The van der Waals surface area contributed by atoms with E-state index in [4.69, 9.17) is 11.6 Å². The molecule has 2 N–H and O–H groups in total. The standard InChI is InChI=1S/C10H12ClN3O3/c1-12-10(15)6-13-5-7-4-8(11)2-3-9(7)14(16)17/h2-4,13H,5-6H2,1H3,(H,12,15). The number of rotatable bonds is 5. The van der Waals surface area contributed by atoms with Crippen molar-refractivity contribution < 1.29 is 9.72 Å². The lowest BCUT2D eigenvalue weighted by atomic mass is 10.2. The Balaban J connectivity index is 2.72. The summed E-state index contributed by atoms with van der Waals surface area (Å²) < 4.78 is 0. The molecular formula is C10H12ClN3O3. The van der Waals surface area contributed by atoms with Crippen molar-refractivity contribution in [2.45, 2.75) is 6.54 Å². The van der Waals surface area contributed by atoms with Crippen molar-refractivity contribution in [3.63, 3.8) is 0 Å². The molecule has 0 radical (unpaired) electrons. The van der Waals surface area contributed by atoms with Gasteiger partial charge in [-0.05, 0) is 12.1 Å². The first-order chi connectivity index (χ1) is 8.04. The zero-order valence-electron chi connectivity index (χ0n) is 9.20. The van der Waals surface area contributed by atoms with Crippen molar-refractivity contribution in [1.82, 2.24) is 10.6 Å². The van der Waals surface area contributed by atoms with Gasteiger partial charge in [0.05, 0.1) is 11.5 Å². The zero-order valence-corrected chi connectivity index (χ0v) is 9.95. The number of carbonyl (C=O) groups excluding carboxylic acids is 1. The molecular weight excluding hydrogens is 246 g/mol. The molecule has 0 aromatic heterocycles. The molecule has 6 nitrogen and oxygen atoms in total. The topological polar surface area (TPSA) is 84.3 Å². The van der Waals surface area contributed by atoms with Gasteiger partial charge in [0, 0.05) is 30.2 Å². The largest absolute Gasteiger partial charge is 0.358 e. The molecule has 0 unspecified atom stereocenters. The Morgan fingerprint density at radius 2 is 2.24 bits per heavy atom. The number of hydrogen-bond acceptors (Lipinski definition) is 4. The number of halogens is 1. The number of likely N-dealkylation sites (N-methyl/N-ethyl adjacent to an activating group) is 1. The fraction of sp³-hybridized carbons (Fsp3) is 0.300. The van der Waals surface area contributed by atoms with E-state index in [2.05, 4.69) is 10.6 Å². The van der Waals surface area contributed by atoms with E-state index in [0.717, 1.165) is 0 Å². The molecule has 0 aliphatic rings. The van der Waals surface area contributed by atoms with Gasteiger partial charge >= 0.3 is 0 Å². The van der Waals surface area contributed by atoms with Crippen molar-refractivity contribution in [3.8, 4) is 0 Å². The summed E-state index contributed by atoms with van der Waals surface area (Å²) >= 11 is 5.76. The van der Waals surface area contributed by atoms with Gasteiger partial charge in [0.2, 0.25) is 5.91 Å². The van der Waals surface area contributed by atoms with Crippen LogP contribution < -0.4 is 10.6 Å². The first-order valence-corrected chi connectivity index (χ1v) is 5.26. The van der Waals surface area contributed by atoms with Gasteiger partial charge in [-0.3, -0.25) is 14.9 Å². The maximum atomic E-state index is 11.0. The highest BCUT2D eigenvalue weighted by molar-refractivity contribution is 6.30. The number of nitrogens with zero attached hydrogens (tertiary/aromatic N) is 1. The summed E-state index contributed by atoms with van der Waals surface area (Å²) in [6, 6.07) is 4.32. The molecule has 1 rings (SSSR count). The van der Waals surface area contributed by atoms with Crippen LogP contribution in [0.2, 0.25) is 5.02 Å². The Kier molecular flexibility index (Phi) is 4.86. The molecule has 0 heterocycles. The second-order valence-corrected chi connectivity index (χ2v) is 3.74. The Labute approximate surface area is 103 Å². The summed E-state index contributed by atoms with van der Waals surface area (Å²) in [6.07, 6.45) is 0. The van der Waals surface area contributed by atoms with E-state index in [9.17, 15) is 14.9 Å². The van der Waals surface area contributed by atoms with Gasteiger partial charge < -0.3 is 10.6 Å². The molecule has 1 amide bonds. The lowest BCUT2D eigenvalue weighted by Crippen LogP contribution is -2.31. The van der Waals surface area contributed by atoms with Gasteiger partial charge in [0.1, 0.15) is 0 Å². The van der Waals surface area contributed by atoms with Crippen molar-refractivity contribution in [2.24, 2.45) is 0 Å². The Morgan fingerprint density at radius 3 is 2.82 bits per heavy atom. The van der Waals surface area contributed by atoms with Crippen LogP contribution in [0.5, 0.6) is 0 Å². The van der Waals surface area contributed by atoms with Gasteiger partial charge in [-0.1, -0.05) is 11.6 Å². The highest BCUT2D eigenvalue weighted by Crippen LogP contribution is 2.22. The Morgan fingerprint density at radius 1 is 1.53 bits per heavy atom. The molecule has 7 heteroatoms. The lowest BCUT2D eigenvalue weighted by Gasteiger charge is -2.05. The van der Waals surface area contributed by atoms with Gasteiger partial charge in [0.25, 0.3) is 5.69 Å². The van der Waals surface area contributed by atoms with Crippen LogP contribution in [-0.4, -0.2) is 24.4 Å². The molecule has 92 valence electrons. The normalized spacial score (nSPS) is 10.0. The van der Waals surface area contributed by atoms with Crippen LogP contribution >= 0.6 is 11.6 Å². The minimum atomic E-state index is -0.479. The van der Waals surface area contributed by atoms with Gasteiger partial charge in [-0.2, -0.15) is 0 Å². The van der Waals surface area contributed by atoms with Crippen LogP contribution in [-0.2, 0) is 11.3 Å². The quantitative estimate of drug-likeness (QED) is 0.611. The van der Waals surface area contributed by atoms with Crippen LogP contribution in [0.3, 0.4) is 0 Å². The highest BCUT2D eigenvalue weighted by atomic mass is 35.5. The highest BCUT2D eigenvalue weighted by Gasteiger charge is 2.13. The third kappa shape index (κ3) is 4.01. The second-order valence-electron chi connectivity index (χ2n) is 3.31. The number of nitro groups is 1. The van der Waals surface area contributed by atoms with Gasteiger partial charge in [-0.25, -0.2) is 0 Å². The number of hydrogen-bond donors (Lipinski definition) is 2. The fourth-order valence-corrected chi connectivity index (χ4v) is 1.47. The monoisotopic (exact) mass is 257 g/mol. The molecule has 17 heavy (non-hydrogen) atoms. The van der Waals surface area contributed by atoms with Crippen LogP contribution in [0.15, 0.2) is 18.2 Å². The van der Waals surface area contributed by atoms with Crippen molar-refractivity contribution in [2.75, 3.05) is 13.6 Å². The van der Waals surface area contributed by atoms with Crippen LogP contribution in [0.4, 0.5) is 5.69 Å². The van der Waals surface area contributed by atoms with Crippen molar-refractivity contribution in [3.05, 3.63) is 38.9 Å². The molecule has 0 atom stereocenters. The maximum Gasteiger partial charge on any atom is 0.273 e. The minimum absolute atomic E-state index is 0.0150. The number of nitrogens with one attached hydrogen (secondary N) is 2. The number of benzene rings is 1. The molecule has 0 fully saturated rings. The molecule has 0 spiro atoms. The fourth-order valence-electron chi connectivity index (χ4n) is 1.27. The SMILES string of the molecule is CNC(=O)CNCc1cc(Cl)ccc1[N+](=O)[O-]. The summed E-state index contributed by atoms with van der Waals surface area (Å²) in [6.45, 7) is 0.310. The van der Waals surface area contributed by atoms with Gasteiger partial charge in [0.15, 0.2) is 0 Å². The minimum Gasteiger partial charge on any atom is -0.358 e. The third-order valence-electron chi connectivity index (χ3n) is 2.12. The van der Waals surface area contributed by atoms with E-state index in [0.29, 0.717) is 10.6 Å². The van der Waals surface area contributed by atoms with E-state index in [1.165, 1.54) is 25.2 Å². The molecule has 0 saturated carbocycles. The third-order valence-corrected chi connectivity index (χ3v) is 2.35. The average Bonchev–Trinajstić information content (AvgIpc) is 2.28. The first-order valence-electron chi connectivity index (χ1n) is 4.88. The molecule has 1 aromatic rings. The van der Waals surface area contributed by atoms with E-state index in [1.54, 1.807) is 0 Å². The molecule has 0 aliphatic heterocycles. The predicted octanol–water partition coefficient (Wildman–Crippen LogP) is 1.08. The second kappa shape index (κ2) is 6.17. The van der Waals surface area contributed by atoms with Crippen molar-refractivity contribution in [1.29, 1.82) is 0 Å². The van der Waals surface area contributed by atoms with E-state index in [1.807, 2.05) is 0 Å². The summed E-state index contributed by atoms with van der Waals surface area (Å²) in [4.78, 5) is 21.2. The summed E-state index contributed by atoms with van der Waals surface area (Å²) in [7, 11) is 1.52. The number of nitro benzene ring substituents is 1. The van der Waals surface area contributed by atoms with Gasteiger partial charge in [-0.15, -0.1) is 0 Å².